The molecule has 0 radical (unpaired) electrons. The van der Waals surface area contributed by atoms with Gasteiger partial charge < -0.3 is 27.2 Å². The van der Waals surface area contributed by atoms with Gasteiger partial charge in [0.1, 0.15) is 12.2 Å². The average Bonchev–Trinajstić information content (AvgIpc) is 3.34. The minimum atomic E-state index is -0.269. The zero-order valence-electron chi connectivity index (χ0n) is 19.7. The zero-order valence-corrected chi connectivity index (χ0v) is 20.5. The fraction of sp³-hybridized carbons (Fsp3) is 0.240. The molecule has 0 aliphatic carbocycles. The lowest BCUT2D eigenvalue weighted by Gasteiger charge is -2.18. The van der Waals surface area contributed by atoms with Crippen LogP contribution in [-0.4, -0.2) is 28.8 Å². The molecule has 3 aromatic rings. The third kappa shape index (κ3) is 6.15. The second-order valence-corrected chi connectivity index (χ2v) is 8.97. The molecule has 9 N–H and O–H groups in total. The molecule has 0 unspecified atom stereocenters. The molecule has 10 nitrogen and oxygen atoms in total. The van der Waals surface area contributed by atoms with Crippen LogP contribution in [0.25, 0.3) is 17.3 Å². The molecule has 0 fully saturated rings. The highest BCUT2D eigenvalue weighted by Gasteiger charge is 2.19. The molecule has 1 aliphatic rings. The van der Waals surface area contributed by atoms with Crippen LogP contribution in [0.4, 0.5) is 17.1 Å². The van der Waals surface area contributed by atoms with E-state index in [0.29, 0.717) is 27.8 Å². The molecule has 2 heterocycles. The molecule has 11 heteroatoms. The number of nitrogens with zero attached hydrogens (tertiary/aromatic N) is 3. The van der Waals surface area contributed by atoms with E-state index in [0.717, 1.165) is 49.2 Å². The first-order valence-corrected chi connectivity index (χ1v) is 12.1. The highest BCUT2D eigenvalue weighted by molar-refractivity contribution is 6.30. The van der Waals surface area contributed by atoms with Crippen LogP contribution in [0.1, 0.15) is 43.1 Å². The summed E-state index contributed by atoms with van der Waals surface area (Å²) in [5, 5.41) is 11.8. The summed E-state index contributed by atoms with van der Waals surface area (Å²) in [4.78, 5) is 20.9. The molecule has 2 bridgehead atoms. The third-order valence-electron chi connectivity index (χ3n) is 5.93. The van der Waals surface area contributed by atoms with E-state index in [9.17, 15) is 4.79 Å². The lowest BCUT2D eigenvalue weighted by atomic mass is 10.1. The van der Waals surface area contributed by atoms with Crippen LogP contribution in [0, 0.1) is 0 Å². The Kier molecular flexibility index (Phi) is 8.09. The van der Waals surface area contributed by atoms with Crippen molar-refractivity contribution in [1.82, 2.24) is 15.3 Å². The van der Waals surface area contributed by atoms with E-state index >= 15 is 0 Å². The van der Waals surface area contributed by atoms with Crippen LogP contribution in [0.15, 0.2) is 53.8 Å². The standard InChI is InChI=1S/C25H30ClN9O/c26-17-6-9-23(35(29)15-32-28)16(12-17)5-10-24(36)33-20-4-2-1-3-11-30-21-13-18(27)7-8-19(21)22-14-31-25(20)34-22/h5-10,12-15,20,30H,1-4,11,27-29H2,(H,31,34)(H,33,36)/b10-5+,32-15-/t20-/m0/s1. The van der Waals surface area contributed by atoms with Crippen molar-refractivity contribution in [1.29, 1.82) is 0 Å². The molecule has 1 atom stereocenters. The van der Waals surface area contributed by atoms with Crippen molar-refractivity contribution < 1.29 is 4.79 Å². The van der Waals surface area contributed by atoms with E-state index in [1.54, 1.807) is 30.5 Å². The second kappa shape index (κ2) is 11.6. The number of hydrazone groups is 1. The van der Waals surface area contributed by atoms with E-state index in [-0.39, 0.29) is 11.9 Å². The van der Waals surface area contributed by atoms with Crippen molar-refractivity contribution in [2.75, 3.05) is 22.6 Å². The first kappa shape index (κ1) is 25.1. The van der Waals surface area contributed by atoms with Gasteiger partial charge in [0.15, 0.2) is 0 Å². The predicted molar refractivity (Wildman–Crippen MR) is 146 cm³/mol. The fourth-order valence-electron chi connectivity index (χ4n) is 4.16. The number of nitrogen functional groups attached to an aromatic ring is 1. The smallest absolute Gasteiger partial charge is 0.244 e. The molecular weight excluding hydrogens is 478 g/mol. The predicted octanol–water partition coefficient (Wildman–Crippen LogP) is 3.75. The van der Waals surface area contributed by atoms with E-state index < -0.39 is 0 Å². The Balaban J connectivity index is 1.55. The van der Waals surface area contributed by atoms with Crippen LogP contribution in [0.3, 0.4) is 0 Å². The number of hydrazine groups is 1. The number of anilines is 3. The molecule has 1 aliphatic heterocycles. The minimum absolute atomic E-state index is 0.262. The van der Waals surface area contributed by atoms with Gasteiger partial charge >= 0.3 is 0 Å². The van der Waals surface area contributed by atoms with Gasteiger partial charge in [0.05, 0.1) is 23.6 Å². The normalized spacial score (nSPS) is 16.1. The van der Waals surface area contributed by atoms with Crippen molar-refractivity contribution in [3.8, 4) is 11.3 Å². The molecule has 1 amide bonds. The summed E-state index contributed by atoms with van der Waals surface area (Å²) in [6.07, 6.45) is 9.87. The first-order chi connectivity index (χ1) is 17.4. The Labute approximate surface area is 214 Å². The Morgan fingerprint density at radius 1 is 1.22 bits per heavy atom. The number of amides is 1. The van der Waals surface area contributed by atoms with Crippen LogP contribution in [0.2, 0.25) is 5.02 Å². The van der Waals surface area contributed by atoms with E-state index in [1.165, 1.54) is 17.4 Å². The van der Waals surface area contributed by atoms with Crippen molar-refractivity contribution >= 4 is 47.0 Å². The Morgan fingerprint density at radius 2 is 2.08 bits per heavy atom. The van der Waals surface area contributed by atoms with Crippen LogP contribution >= 0.6 is 11.6 Å². The van der Waals surface area contributed by atoms with Gasteiger partial charge in [-0.3, -0.25) is 9.80 Å². The summed E-state index contributed by atoms with van der Waals surface area (Å²) in [5.74, 6) is 11.6. The SMILES string of the molecule is N/N=C\N(N)c1ccc(Cl)cc1/C=C/C(=O)N[C@H]1CCCCCNc2cc(N)ccc2-c2cnc1[nH]2. The number of H-pyrrole nitrogens is 1. The number of carbonyl (C=O) groups is 1. The van der Waals surface area contributed by atoms with Crippen LogP contribution in [0.5, 0.6) is 0 Å². The fourth-order valence-corrected chi connectivity index (χ4v) is 4.34. The van der Waals surface area contributed by atoms with Gasteiger partial charge in [0.2, 0.25) is 5.91 Å². The third-order valence-corrected chi connectivity index (χ3v) is 6.17. The molecular formula is C25H30ClN9O. The van der Waals surface area contributed by atoms with Crippen molar-refractivity contribution in [3.63, 3.8) is 0 Å². The van der Waals surface area contributed by atoms with Crippen LogP contribution in [-0.2, 0) is 4.79 Å². The van der Waals surface area contributed by atoms with Gasteiger partial charge in [0, 0.05) is 40.1 Å². The van der Waals surface area contributed by atoms with Crippen LogP contribution < -0.4 is 33.1 Å². The molecule has 188 valence electrons. The maximum absolute atomic E-state index is 12.9. The Hall–Kier alpha value is -4.02. The number of aromatic nitrogens is 2. The summed E-state index contributed by atoms with van der Waals surface area (Å²) in [5.41, 5.74) is 10.7. The maximum atomic E-state index is 12.9. The first-order valence-electron chi connectivity index (χ1n) is 11.7. The highest BCUT2D eigenvalue weighted by Crippen LogP contribution is 2.31. The largest absolute Gasteiger partial charge is 0.399 e. The Bertz CT molecular complexity index is 1270. The van der Waals surface area contributed by atoms with Gasteiger partial charge in [-0.2, -0.15) is 5.10 Å². The monoisotopic (exact) mass is 507 g/mol. The maximum Gasteiger partial charge on any atom is 0.244 e. The van der Waals surface area contributed by atoms with E-state index in [4.69, 9.17) is 29.0 Å². The number of aromatic amines is 1. The second-order valence-electron chi connectivity index (χ2n) is 8.53. The summed E-state index contributed by atoms with van der Waals surface area (Å²) >= 11 is 6.15. The molecule has 0 spiro atoms. The molecule has 36 heavy (non-hydrogen) atoms. The Morgan fingerprint density at radius 3 is 2.92 bits per heavy atom. The molecule has 0 saturated heterocycles. The number of halogens is 1. The molecule has 2 aromatic carbocycles. The number of imidazole rings is 1. The highest BCUT2D eigenvalue weighted by atomic mass is 35.5. The zero-order chi connectivity index (χ0) is 25.5. The van der Waals surface area contributed by atoms with Gasteiger partial charge in [0.25, 0.3) is 0 Å². The number of nitrogens with two attached hydrogens (primary N) is 3. The number of hydrogen-bond acceptors (Lipinski definition) is 7. The topological polar surface area (TPSA) is 163 Å². The number of nitrogens with one attached hydrogen (secondary N) is 3. The quantitative estimate of drug-likeness (QED) is 0.0764. The summed E-state index contributed by atoms with van der Waals surface area (Å²) < 4.78 is 0. The summed E-state index contributed by atoms with van der Waals surface area (Å²) in [6.45, 7) is 0.839. The number of rotatable bonds is 5. The average molecular weight is 508 g/mol. The van der Waals surface area contributed by atoms with Gasteiger partial charge in [-0.25, -0.2) is 10.8 Å². The molecule has 1 aromatic heterocycles. The molecule has 4 rings (SSSR count). The molecule has 0 saturated carbocycles. The lowest BCUT2D eigenvalue weighted by molar-refractivity contribution is -0.117. The summed E-state index contributed by atoms with van der Waals surface area (Å²) in [7, 11) is 0. The summed E-state index contributed by atoms with van der Waals surface area (Å²) in [6, 6.07) is 10.6. The van der Waals surface area contributed by atoms with Gasteiger partial charge in [-0.15, -0.1) is 0 Å². The van der Waals surface area contributed by atoms with E-state index in [1.807, 2.05) is 18.2 Å². The number of fused-ring (bicyclic) bond motifs is 4. The number of carbonyl (C=O) groups excluding carboxylic acids is 1. The van der Waals surface area contributed by atoms with Gasteiger partial charge in [-0.05, 0) is 55.3 Å². The minimum Gasteiger partial charge on any atom is -0.399 e. The van der Waals surface area contributed by atoms with Crippen molar-refractivity contribution in [2.45, 2.75) is 31.7 Å². The lowest BCUT2D eigenvalue weighted by Crippen LogP contribution is -2.30. The number of benzene rings is 2. The van der Waals surface area contributed by atoms with Crippen molar-refractivity contribution in [2.24, 2.45) is 16.8 Å². The van der Waals surface area contributed by atoms with Gasteiger partial charge in [-0.1, -0.05) is 24.4 Å². The number of hydrogen-bond donors (Lipinski definition) is 6. The van der Waals surface area contributed by atoms with E-state index in [2.05, 4.69) is 25.7 Å². The van der Waals surface area contributed by atoms with Crippen molar-refractivity contribution in [3.05, 3.63) is 65.1 Å².